The molecule has 0 atom stereocenters. The number of hydrogen-bond acceptors (Lipinski definition) is 4. The first-order chi connectivity index (χ1) is 9.32. The molecule has 1 aromatic carbocycles. The molecule has 0 spiro atoms. The molecule has 20 heavy (non-hydrogen) atoms. The van der Waals surface area contributed by atoms with E-state index in [-0.39, 0.29) is 9.88 Å². The number of nitrogens with zero attached hydrogens (tertiary/aromatic N) is 1. The second-order valence-electron chi connectivity index (χ2n) is 3.71. The molecule has 0 saturated heterocycles. The minimum Gasteiger partial charge on any atom is -0.465 e. The number of carbonyl (C=O) groups excluding carboxylic acids is 1. The molecule has 0 N–H and O–H groups in total. The number of alkyl halides is 3. The molecular weight excluding hydrogens is 298 g/mol. The van der Waals surface area contributed by atoms with Gasteiger partial charge in [0.05, 0.1) is 18.9 Å². The van der Waals surface area contributed by atoms with Gasteiger partial charge in [-0.05, 0) is 18.2 Å². The molecule has 0 unspecified atom stereocenters. The van der Waals surface area contributed by atoms with Crippen LogP contribution in [0.2, 0.25) is 0 Å². The fourth-order valence-electron chi connectivity index (χ4n) is 1.53. The number of esters is 1. The Hall–Kier alpha value is -1.96. The Morgan fingerprint density at radius 3 is 2.65 bits per heavy atom. The lowest BCUT2D eigenvalue weighted by Gasteiger charge is -2.10. The number of aromatic nitrogens is 1. The van der Waals surface area contributed by atoms with Crippen molar-refractivity contribution in [2.45, 2.75) is 6.18 Å². The summed E-state index contributed by atoms with van der Waals surface area (Å²) in [5, 5.41) is -0.0998. The van der Waals surface area contributed by atoms with Gasteiger partial charge in [0, 0.05) is 5.56 Å². The van der Waals surface area contributed by atoms with Crippen LogP contribution in [-0.2, 0) is 10.9 Å². The monoisotopic (exact) mass is 305 g/mol. The van der Waals surface area contributed by atoms with Crippen molar-refractivity contribution in [2.24, 2.45) is 0 Å². The zero-order chi connectivity index (χ0) is 14.9. The number of hydrogen-bond donors (Lipinski definition) is 0. The molecule has 106 valence electrons. The maximum Gasteiger partial charge on any atom is 0.417 e. The van der Waals surface area contributed by atoms with Crippen molar-refractivity contribution in [2.75, 3.05) is 7.11 Å². The number of rotatable bonds is 2. The number of thiazole rings is 1. The normalized spacial score (nSPS) is 11.4. The molecule has 8 heteroatoms. The average molecular weight is 305 g/mol. The second kappa shape index (κ2) is 5.20. The quantitative estimate of drug-likeness (QED) is 0.626. The van der Waals surface area contributed by atoms with Gasteiger partial charge in [0.25, 0.3) is 0 Å². The molecule has 0 aliphatic rings. The third-order valence-corrected chi connectivity index (χ3v) is 3.42. The van der Waals surface area contributed by atoms with E-state index in [1.165, 1.54) is 0 Å². The van der Waals surface area contributed by atoms with Crippen LogP contribution in [0.25, 0.3) is 10.6 Å². The summed E-state index contributed by atoms with van der Waals surface area (Å²) in [6, 6.07) is 2.10. The Morgan fingerprint density at radius 2 is 2.05 bits per heavy atom. The van der Waals surface area contributed by atoms with Gasteiger partial charge in [-0.25, -0.2) is 14.2 Å². The van der Waals surface area contributed by atoms with Crippen LogP contribution < -0.4 is 0 Å². The van der Waals surface area contributed by atoms with E-state index in [4.69, 9.17) is 0 Å². The van der Waals surface area contributed by atoms with Gasteiger partial charge in [-0.1, -0.05) is 0 Å². The number of halogens is 4. The predicted octanol–water partition coefficient (Wildman–Crippen LogP) is 3.75. The van der Waals surface area contributed by atoms with Crippen LogP contribution in [0.1, 0.15) is 15.2 Å². The maximum atomic E-state index is 13.2. The number of carbonyl (C=O) groups is 1. The molecule has 0 aliphatic heterocycles. The fourth-order valence-corrected chi connectivity index (χ4v) is 2.40. The molecule has 2 aromatic rings. The van der Waals surface area contributed by atoms with Gasteiger partial charge in [-0.3, -0.25) is 0 Å². The standard InChI is InChI=1S/C12H7F4NO2S/c1-19-11(18)9-5-17-10(20-9)7-4-6(13)2-3-8(7)12(14,15)16/h2-5H,1H3. The molecule has 1 heterocycles. The molecule has 0 bridgehead atoms. The SMILES string of the molecule is COC(=O)c1cnc(-c2cc(F)ccc2C(F)(F)F)s1. The van der Waals surface area contributed by atoms with Crippen LogP contribution >= 0.6 is 11.3 Å². The molecule has 2 rings (SSSR count). The maximum absolute atomic E-state index is 13.2. The van der Waals surface area contributed by atoms with Gasteiger partial charge < -0.3 is 4.74 Å². The van der Waals surface area contributed by atoms with Crippen LogP contribution in [0.5, 0.6) is 0 Å². The number of ether oxygens (including phenoxy) is 1. The number of methoxy groups -OCH3 is 1. The molecular formula is C12H7F4NO2S. The van der Waals surface area contributed by atoms with Crippen LogP contribution in [0.4, 0.5) is 17.6 Å². The van der Waals surface area contributed by atoms with Crippen molar-refractivity contribution in [1.29, 1.82) is 0 Å². The molecule has 0 saturated carbocycles. The minimum atomic E-state index is -4.64. The fraction of sp³-hybridized carbons (Fsp3) is 0.167. The van der Waals surface area contributed by atoms with E-state index in [1.807, 2.05) is 0 Å². The summed E-state index contributed by atoms with van der Waals surface area (Å²) in [4.78, 5) is 15.0. The van der Waals surface area contributed by atoms with E-state index < -0.39 is 29.1 Å². The Morgan fingerprint density at radius 1 is 1.35 bits per heavy atom. The van der Waals surface area contributed by atoms with Crippen molar-refractivity contribution >= 4 is 17.3 Å². The van der Waals surface area contributed by atoms with Crippen molar-refractivity contribution in [3.05, 3.63) is 40.7 Å². The van der Waals surface area contributed by atoms with Crippen molar-refractivity contribution < 1.29 is 27.1 Å². The highest BCUT2D eigenvalue weighted by Gasteiger charge is 2.34. The smallest absolute Gasteiger partial charge is 0.417 e. The van der Waals surface area contributed by atoms with Gasteiger partial charge in [-0.15, -0.1) is 11.3 Å². The minimum absolute atomic E-state index is 0.0416. The van der Waals surface area contributed by atoms with E-state index in [0.717, 1.165) is 25.4 Å². The highest BCUT2D eigenvalue weighted by Crippen LogP contribution is 2.38. The largest absolute Gasteiger partial charge is 0.465 e. The van der Waals surface area contributed by atoms with Crippen LogP contribution in [-0.4, -0.2) is 18.1 Å². The van der Waals surface area contributed by atoms with Crippen LogP contribution in [0, 0.1) is 5.82 Å². The molecule has 0 aliphatic carbocycles. The average Bonchev–Trinajstić information content (AvgIpc) is 2.85. The Bertz CT molecular complexity index is 651. The van der Waals surface area contributed by atoms with E-state index in [9.17, 15) is 22.4 Å². The Kier molecular flexibility index (Phi) is 3.76. The molecule has 0 radical (unpaired) electrons. The Labute approximate surface area is 114 Å². The summed E-state index contributed by atoms with van der Waals surface area (Å²) < 4.78 is 56.2. The summed E-state index contributed by atoms with van der Waals surface area (Å²) in [5.41, 5.74) is -1.41. The zero-order valence-electron chi connectivity index (χ0n) is 9.99. The highest BCUT2D eigenvalue weighted by atomic mass is 32.1. The van der Waals surface area contributed by atoms with Crippen LogP contribution in [0.3, 0.4) is 0 Å². The van der Waals surface area contributed by atoms with Gasteiger partial charge >= 0.3 is 12.1 Å². The van der Waals surface area contributed by atoms with Crippen molar-refractivity contribution in [1.82, 2.24) is 4.98 Å². The molecule has 0 fully saturated rings. The first kappa shape index (κ1) is 14.4. The summed E-state index contributed by atoms with van der Waals surface area (Å²) in [6.07, 6.45) is -3.54. The predicted molar refractivity (Wildman–Crippen MR) is 63.8 cm³/mol. The molecule has 3 nitrogen and oxygen atoms in total. The third kappa shape index (κ3) is 2.79. The van der Waals surface area contributed by atoms with Gasteiger partial charge in [0.15, 0.2) is 0 Å². The summed E-state index contributed by atoms with van der Waals surface area (Å²) in [5.74, 6) is -1.53. The first-order valence-corrected chi connectivity index (χ1v) is 6.06. The van der Waals surface area contributed by atoms with Crippen LogP contribution in [0.15, 0.2) is 24.4 Å². The molecule has 0 amide bonds. The first-order valence-electron chi connectivity index (χ1n) is 5.24. The van der Waals surface area contributed by atoms with E-state index in [2.05, 4.69) is 9.72 Å². The highest BCUT2D eigenvalue weighted by molar-refractivity contribution is 7.16. The van der Waals surface area contributed by atoms with Gasteiger partial charge in [-0.2, -0.15) is 13.2 Å². The summed E-state index contributed by atoms with van der Waals surface area (Å²) in [6.45, 7) is 0. The van der Waals surface area contributed by atoms with Gasteiger partial charge in [0.1, 0.15) is 15.7 Å². The summed E-state index contributed by atoms with van der Waals surface area (Å²) >= 11 is 0.705. The topological polar surface area (TPSA) is 39.2 Å². The third-order valence-electron chi connectivity index (χ3n) is 2.41. The number of benzene rings is 1. The lowest BCUT2D eigenvalue weighted by Crippen LogP contribution is -2.07. The lowest BCUT2D eigenvalue weighted by molar-refractivity contribution is -0.137. The van der Waals surface area contributed by atoms with E-state index in [1.54, 1.807) is 0 Å². The van der Waals surface area contributed by atoms with Gasteiger partial charge in [0.2, 0.25) is 0 Å². The second-order valence-corrected chi connectivity index (χ2v) is 4.74. The van der Waals surface area contributed by atoms with E-state index >= 15 is 0 Å². The lowest BCUT2D eigenvalue weighted by atomic mass is 10.1. The van der Waals surface area contributed by atoms with Crippen molar-refractivity contribution in [3.63, 3.8) is 0 Å². The zero-order valence-corrected chi connectivity index (χ0v) is 10.8. The summed E-state index contributed by atoms with van der Waals surface area (Å²) in [7, 11) is 1.14. The Balaban J connectivity index is 2.54. The van der Waals surface area contributed by atoms with Crippen molar-refractivity contribution in [3.8, 4) is 10.6 Å². The van der Waals surface area contributed by atoms with E-state index in [0.29, 0.717) is 17.4 Å². The molecule has 1 aromatic heterocycles.